The van der Waals surface area contributed by atoms with Gasteiger partial charge in [-0.3, -0.25) is 0 Å². The van der Waals surface area contributed by atoms with Crippen LogP contribution in [-0.2, 0) is 16.6 Å². The number of fused-ring (bicyclic) bond motifs is 1. The van der Waals surface area contributed by atoms with E-state index >= 15 is 0 Å². The number of hydrogen-bond acceptors (Lipinski definition) is 4. The Morgan fingerprint density at radius 3 is 2.89 bits per heavy atom. The quantitative estimate of drug-likeness (QED) is 0.607. The Bertz CT molecular complexity index is 561. The van der Waals surface area contributed by atoms with Crippen LogP contribution in [0.5, 0.6) is 0 Å². The summed E-state index contributed by atoms with van der Waals surface area (Å²) in [6, 6.07) is 0. The van der Waals surface area contributed by atoms with Gasteiger partial charge in [0.25, 0.3) is 0 Å². The van der Waals surface area contributed by atoms with Crippen LogP contribution in [0.2, 0.25) is 0 Å². The first kappa shape index (κ1) is 13.9. The van der Waals surface area contributed by atoms with Crippen LogP contribution in [0.3, 0.4) is 0 Å². The average Bonchev–Trinajstić information content (AvgIpc) is 2.27. The van der Waals surface area contributed by atoms with Gasteiger partial charge in [-0.1, -0.05) is 11.4 Å². The summed E-state index contributed by atoms with van der Waals surface area (Å²) in [7, 11) is 1.75. The molecular formula is C10H12N2O3PS2+. The molecule has 0 spiro atoms. The second-order valence-corrected chi connectivity index (χ2v) is 10.0. The first-order valence-electron chi connectivity index (χ1n) is 5.08. The van der Waals surface area contributed by atoms with Crippen molar-refractivity contribution in [3.63, 3.8) is 0 Å². The molecule has 2 N–H and O–H groups in total. The van der Waals surface area contributed by atoms with Gasteiger partial charge in [0, 0.05) is 11.8 Å². The molecule has 0 bridgehead atoms. The summed E-state index contributed by atoms with van der Waals surface area (Å²) in [6.45, 7) is 0. The molecule has 5 nitrogen and oxygen atoms in total. The molecule has 2 aliphatic rings. The molecular weight excluding hydrogens is 291 g/mol. The Balaban J connectivity index is 2.23. The lowest BCUT2D eigenvalue weighted by atomic mass is 10.2. The highest BCUT2D eigenvalue weighted by Gasteiger charge is 2.38. The molecule has 18 heavy (non-hydrogen) atoms. The lowest BCUT2D eigenvalue weighted by molar-refractivity contribution is -0.680. The van der Waals surface area contributed by atoms with E-state index in [2.05, 4.69) is 16.8 Å². The van der Waals surface area contributed by atoms with Crippen molar-refractivity contribution in [1.29, 1.82) is 0 Å². The predicted octanol–water partition coefficient (Wildman–Crippen LogP) is 1.28. The predicted molar refractivity (Wildman–Crippen MR) is 76.2 cm³/mol. The number of likely N-dealkylation sites (N-methyl/N-ethyl adjacent to an activating group) is 1. The lowest BCUT2D eigenvalue weighted by Gasteiger charge is -2.29. The topological polar surface area (TPSA) is 69.9 Å². The van der Waals surface area contributed by atoms with Crippen molar-refractivity contribution >= 4 is 40.6 Å². The average molecular weight is 303 g/mol. The molecule has 8 heteroatoms. The van der Waals surface area contributed by atoms with E-state index < -0.39 is 5.69 Å². The van der Waals surface area contributed by atoms with Crippen molar-refractivity contribution in [2.45, 2.75) is 0 Å². The number of allylic oxidation sites excluding steroid dienone is 2. The zero-order valence-corrected chi connectivity index (χ0v) is 12.1. The van der Waals surface area contributed by atoms with Gasteiger partial charge in [-0.25, -0.2) is 4.79 Å². The second kappa shape index (κ2) is 4.85. The smallest absolute Gasteiger partial charge is 0.338 e. The van der Waals surface area contributed by atoms with E-state index in [-0.39, 0.29) is 16.1 Å². The number of aliphatic imine (C=N–C) groups is 1. The number of nitrogens with zero attached hydrogens (tertiary/aromatic N) is 2. The molecule has 1 unspecified atom stereocenters. The van der Waals surface area contributed by atoms with Crippen molar-refractivity contribution in [1.82, 2.24) is 0 Å². The van der Waals surface area contributed by atoms with E-state index in [9.17, 15) is 4.79 Å². The zero-order chi connectivity index (χ0) is 13.4. The summed E-state index contributed by atoms with van der Waals surface area (Å²) in [6.07, 6.45) is 8.55. The van der Waals surface area contributed by atoms with Crippen LogP contribution < -0.4 is 0 Å². The van der Waals surface area contributed by atoms with Gasteiger partial charge < -0.3 is 9.79 Å². The van der Waals surface area contributed by atoms with E-state index in [1.165, 1.54) is 6.08 Å². The minimum atomic E-state index is -3.31. The summed E-state index contributed by atoms with van der Waals surface area (Å²) < 4.78 is 0.0110. The first-order chi connectivity index (χ1) is 8.31. The van der Waals surface area contributed by atoms with Crippen LogP contribution in [0, 0.1) is 0 Å². The molecule has 96 valence electrons. The summed E-state index contributed by atoms with van der Waals surface area (Å²) >= 11 is 5.36. The van der Waals surface area contributed by atoms with Gasteiger partial charge in [-0.2, -0.15) is 9.48 Å². The minimum Gasteiger partial charge on any atom is -0.338 e. The van der Waals surface area contributed by atoms with Crippen LogP contribution in [0.15, 0.2) is 41.2 Å². The molecule has 1 amide bonds. The van der Waals surface area contributed by atoms with E-state index in [0.717, 1.165) is 11.4 Å². The highest BCUT2D eigenvalue weighted by Crippen LogP contribution is 2.51. The van der Waals surface area contributed by atoms with Gasteiger partial charge in [-0.15, -0.1) is 0 Å². The molecule has 0 aromatic rings. The van der Waals surface area contributed by atoms with E-state index in [4.69, 9.17) is 9.79 Å². The van der Waals surface area contributed by atoms with Gasteiger partial charge in [0.2, 0.25) is 11.5 Å². The van der Waals surface area contributed by atoms with Crippen molar-refractivity contribution < 1.29 is 19.1 Å². The third-order valence-corrected chi connectivity index (χ3v) is 5.71. The van der Waals surface area contributed by atoms with Crippen LogP contribution in [0.1, 0.15) is 0 Å². The van der Waals surface area contributed by atoms with Crippen LogP contribution >= 0.6 is 17.1 Å². The molecule has 2 heterocycles. The molecule has 0 aromatic carbocycles. The van der Waals surface area contributed by atoms with Crippen molar-refractivity contribution in [3.05, 3.63) is 36.2 Å². The highest BCUT2D eigenvalue weighted by atomic mass is 32.9. The van der Waals surface area contributed by atoms with Crippen molar-refractivity contribution in [3.8, 4) is 0 Å². The van der Waals surface area contributed by atoms with Crippen molar-refractivity contribution in [2.24, 2.45) is 4.99 Å². The standard InChI is InChI=1S/C10H11N2O3PS2/c1-12-5-3-2-4-9(12)11-8(6-10(12)13)7-18-16(14,15)17/h2-6H,7H2,1H3,(H-,14,15,17)/p+1. The largest absolute Gasteiger partial charge is 0.351 e. The molecule has 2 aliphatic heterocycles. The van der Waals surface area contributed by atoms with Gasteiger partial charge >= 0.3 is 5.91 Å². The fourth-order valence-corrected chi connectivity index (χ4v) is 3.43. The maximum atomic E-state index is 12.1. The second-order valence-electron chi connectivity index (χ2n) is 3.98. The molecule has 0 aliphatic carbocycles. The molecule has 0 fully saturated rings. The highest BCUT2D eigenvalue weighted by molar-refractivity contribution is 8.67. The van der Waals surface area contributed by atoms with Crippen LogP contribution in [-0.4, -0.2) is 38.8 Å². The maximum Gasteiger partial charge on any atom is 0.351 e. The van der Waals surface area contributed by atoms with Crippen LogP contribution in [0.4, 0.5) is 0 Å². The van der Waals surface area contributed by atoms with E-state index in [0.29, 0.717) is 11.5 Å². The third kappa shape index (κ3) is 2.88. The van der Waals surface area contributed by atoms with E-state index in [1.807, 2.05) is 6.08 Å². The molecule has 0 saturated carbocycles. The molecule has 0 radical (unpaired) electrons. The Morgan fingerprint density at radius 2 is 2.22 bits per heavy atom. The molecule has 2 rings (SSSR count). The number of amidine groups is 1. The van der Waals surface area contributed by atoms with Gasteiger partial charge in [-0.05, 0) is 24.0 Å². The monoisotopic (exact) mass is 303 g/mol. The Kier molecular flexibility index (Phi) is 3.73. The van der Waals surface area contributed by atoms with E-state index in [1.54, 1.807) is 25.4 Å². The molecule has 1 atom stereocenters. The Morgan fingerprint density at radius 1 is 1.50 bits per heavy atom. The summed E-state index contributed by atoms with van der Waals surface area (Å²) in [5.41, 5.74) is -2.81. The fraction of sp³-hybridized carbons (Fsp3) is 0.200. The number of quaternary nitrogens is 1. The lowest BCUT2D eigenvalue weighted by Crippen LogP contribution is -2.50. The zero-order valence-electron chi connectivity index (χ0n) is 9.55. The van der Waals surface area contributed by atoms with Gasteiger partial charge in [0.1, 0.15) is 6.20 Å². The number of carbonyl (C=O) groups is 1. The maximum absolute atomic E-state index is 12.1. The normalized spacial score (nSPS) is 26.7. The van der Waals surface area contributed by atoms with Crippen molar-refractivity contribution in [2.75, 3.05) is 12.8 Å². The third-order valence-electron chi connectivity index (χ3n) is 2.60. The summed E-state index contributed by atoms with van der Waals surface area (Å²) in [5.74, 6) is 0.724. The summed E-state index contributed by atoms with van der Waals surface area (Å²) in [4.78, 5) is 34.7. The minimum absolute atomic E-state index is 0.0110. The Labute approximate surface area is 114 Å². The number of hydrogen-bond donors (Lipinski definition) is 2. The SMILES string of the molecule is C[N+]12C=CC=CC1=NC(CSP(O)(O)=S)=CC2=O. The first-order valence-corrected chi connectivity index (χ1v) is 9.38. The van der Waals surface area contributed by atoms with Gasteiger partial charge in [0.05, 0.1) is 18.8 Å². The number of carbonyl (C=O) groups excluding carboxylic acids is 1. The number of rotatable bonds is 3. The fourth-order valence-electron chi connectivity index (χ4n) is 1.60. The Hall–Kier alpha value is -0.560. The van der Waals surface area contributed by atoms with Gasteiger partial charge in [0.15, 0.2) is 0 Å². The van der Waals surface area contributed by atoms with Crippen LogP contribution in [0.25, 0.3) is 0 Å². The molecule has 0 aromatic heterocycles. The number of amides is 1. The summed E-state index contributed by atoms with van der Waals surface area (Å²) in [5, 5.41) is 0. The molecule has 0 saturated heterocycles.